The normalized spacial score (nSPS) is 25.9. The molecule has 0 aromatic carbocycles. The Morgan fingerprint density at radius 3 is 2.68 bits per heavy atom. The molecule has 0 spiro atoms. The number of hydrogen-bond donors (Lipinski definition) is 1. The molecule has 1 aliphatic rings. The maximum Gasteiger partial charge on any atom is 0.262 e. The molecule has 2 atom stereocenters. The van der Waals surface area contributed by atoms with Gasteiger partial charge in [0.2, 0.25) is 0 Å². The number of sulfonamides is 1. The van der Waals surface area contributed by atoms with E-state index in [1.165, 1.54) is 10.6 Å². The van der Waals surface area contributed by atoms with Gasteiger partial charge in [-0.25, -0.2) is 13.4 Å². The Bertz CT molecular complexity index is 538. The van der Waals surface area contributed by atoms with Gasteiger partial charge in [-0.05, 0) is 26.2 Å². The van der Waals surface area contributed by atoms with Crippen molar-refractivity contribution < 1.29 is 13.5 Å². The fourth-order valence-electron chi connectivity index (χ4n) is 2.10. The van der Waals surface area contributed by atoms with Crippen molar-refractivity contribution in [1.82, 2.24) is 13.9 Å². The lowest BCUT2D eigenvalue weighted by Gasteiger charge is -2.32. The van der Waals surface area contributed by atoms with E-state index in [1.807, 2.05) is 20.8 Å². The highest BCUT2D eigenvalue weighted by molar-refractivity contribution is 7.89. The zero-order valence-corrected chi connectivity index (χ0v) is 12.3. The van der Waals surface area contributed by atoms with Crippen LogP contribution in [0.5, 0.6) is 0 Å². The van der Waals surface area contributed by atoms with Crippen molar-refractivity contribution in [3.63, 3.8) is 0 Å². The third-order valence-electron chi connectivity index (χ3n) is 3.66. The van der Waals surface area contributed by atoms with Crippen LogP contribution in [0.2, 0.25) is 0 Å². The maximum absolute atomic E-state index is 12.4. The van der Waals surface area contributed by atoms with Crippen molar-refractivity contribution in [2.75, 3.05) is 13.1 Å². The molecule has 7 heteroatoms. The summed E-state index contributed by atoms with van der Waals surface area (Å²) in [7, 11) is -3.59. The number of aromatic nitrogens is 2. The lowest BCUT2D eigenvalue weighted by molar-refractivity contribution is 0.0604. The zero-order chi connectivity index (χ0) is 14.2. The summed E-state index contributed by atoms with van der Waals surface area (Å²) < 4.78 is 27.9. The first kappa shape index (κ1) is 14.5. The second kappa shape index (κ2) is 5.22. The van der Waals surface area contributed by atoms with Gasteiger partial charge in [-0.3, -0.25) is 0 Å². The predicted octanol–water partition coefficient (Wildman–Crippen LogP) is 0.855. The molecule has 0 radical (unpaired) electrons. The molecule has 2 rings (SSSR count). The molecule has 0 amide bonds. The second-order valence-electron chi connectivity index (χ2n) is 5.45. The number of imidazole rings is 1. The first-order chi connectivity index (χ1) is 8.82. The Labute approximate surface area is 114 Å². The summed E-state index contributed by atoms with van der Waals surface area (Å²) in [6, 6.07) is 0.170. The Morgan fingerprint density at radius 2 is 2.16 bits per heavy atom. The summed E-state index contributed by atoms with van der Waals surface area (Å²) in [6.07, 6.45) is 3.15. The van der Waals surface area contributed by atoms with E-state index in [9.17, 15) is 13.5 Å². The number of nitrogens with zero attached hydrogens (tertiary/aromatic N) is 3. The lowest BCUT2D eigenvalue weighted by atomic mass is 9.98. The third kappa shape index (κ3) is 2.82. The molecule has 1 aromatic heterocycles. The molecule has 2 heterocycles. The van der Waals surface area contributed by atoms with Crippen LogP contribution in [0.25, 0.3) is 0 Å². The van der Waals surface area contributed by atoms with Crippen LogP contribution in [0, 0.1) is 5.92 Å². The van der Waals surface area contributed by atoms with Crippen LogP contribution < -0.4 is 0 Å². The fraction of sp³-hybridized carbons (Fsp3) is 0.750. The molecule has 1 fully saturated rings. The van der Waals surface area contributed by atoms with E-state index in [1.54, 1.807) is 10.8 Å². The van der Waals surface area contributed by atoms with E-state index in [4.69, 9.17) is 0 Å². The smallest absolute Gasteiger partial charge is 0.262 e. The Kier molecular flexibility index (Phi) is 3.98. The highest BCUT2D eigenvalue weighted by atomic mass is 32.2. The van der Waals surface area contributed by atoms with E-state index in [-0.39, 0.29) is 23.5 Å². The van der Waals surface area contributed by atoms with Gasteiger partial charge in [-0.2, -0.15) is 4.31 Å². The van der Waals surface area contributed by atoms with Crippen molar-refractivity contribution in [3.05, 3.63) is 12.5 Å². The second-order valence-corrected chi connectivity index (χ2v) is 7.33. The quantitative estimate of drug-likeness (QED) is 0.894. The molecule has 19 heavy (non-hydrogen) atoms. The maximum atomic E-state index is 12.4. The van der Waals surface area contributed by atoms with Crippen LogP contribution in [-0.2, 0) is 10.0 Å². The fourth-order valence-corrected chi connectivity index (χ4v) is 3.50. The summed E-state index contributed by atoms with van der Waals surface area (Å²) in [5.74, 6) is 0.139. The Hall–Kier alpha value is -0.920. The number of β-amino-alcohol motifs (C(OH)–C–C–N with tert-alkyl or cyclic N) is 1. The minimum atomic E-state index is -3.59. The molecule has 1 aliphatic heterocycles. The summed E-state index contributed by atoms with van der Waals surface area (Å²) in [5.41, 5.74) is 0. The highest BCUT2D eigenvalue weighted by Gasteiger charge is 2.34. The number of aliphatic hydroxyl groups excluding tert-OH is 1. The van der Waals surface area contributed by atoms with Gasteiger partial charge >= 0.3 is 0 Å². The van der Waals surface area contributed by atoms with Crippen molar-refractivity contribution >= 4 is 10.0 Å². The molecule has 0 bridgehead atoms. The van der Waals surface area contributed by atoms with Gasteiger partial charge in [0.1, 0.15) is 0 Å². The molecule has 108 valence electrons. The molecule has 6 nitrogen and oxygen atoms in total. The number of rotatable bonds is 3. The van der Waals surface area contributed by atoms with Gasteiger partial charge in [0.25, 0.3) is 10.0 Å². The Morgan fingerprint density at radius 1 is 1.47 bits per heavy atom. The van der Waals surface area contributed by atoms with E-state index in [0.717, 1.165) is 0 Å². The van der Waals surface area contributed by atoms with Gasteiger partial charge in [0.05, 0.1) is 12.4 Å². The van der Waals surface area contributed by atoms with Gasteiger partial charge < -0.3 is 9.67 Å². The van der Waals surface area contributed by atoms with Gasteiger partial charge in [-0.15, -0.1) is 0 Å². The minimum absolute atomic E-state index is 0.0583. The van der Waals surface area contributed by atoms with E-state index < -0.39 is 16.1 Å². The lowest BCUT2D eigenvalue weighted by Crippen LogP contribution is -2.45. The standard InChI is InChI=1S/C12H21N3O3S/c1-9(2)14-7-12(13-8-14)19(17,18)15-5-4-10(3)11(16)6-15/h7-11,16H,4-6H2,1-3H3. The van der Waals surface area contributed by atoms with Crippen molar-refractivity contribution in [1.29, 1.82) is 0 Å². The van der Waals surface area contributed by atoms with E-state index in [2.05, 4.69) is 4.98 Å². The monoisotopic (exact) mass is 287 g/mol. The number of aliphatic hydroxyl groups is 1. The van der Waals surface area contributed by atoms with Gasteiger partial charge in [-0.1, -0.05) is 6.92 Å². The van der Waals surface area contributed by atoms with Crippen LogP contribution in [0.15, 0.2) is 17.6 Å². The van der Waals surface area contributed by atoms with Crippen LogP contribution in [0.4, 0.5) is 0 Å². The van der Waals surface area contributed by atoms with Crippen molar-refractivity contribution in [3.8, 4) is 0 Å². The summed E-state index contributed by atoms with van der Waals surface area (Å²) in [4.78, 5) is 3.98. The molecular formula is C12H21N3O3S. The van der Waals surface area contributed by atoms with Crippen molar-refractivity contribution in [2.24, 2.45) is 5.92 Å². The highest BCUT2D eigenvalue weighted by Crippen LogP contribution is 2.23. The topological polar surface area (TPSA) is 75.4 Å². The third-order valence-corrected chi connectivity index (χ3v) is 5.41. The van der Waals surface area contributed by atoms with Gasteiger partial charge in [0.15, 0.2) is 5.03 Å². The van der Waals surface area contributed by atoms with Crippen LogP contribution in [0.3, 0.4) is 0 Å². The molecule has 1 aromatic rings. The SMILES string of the molecule is CC1CCN(S(=O)(=O)c2cn(C(C)C)cn2)CC1O. The minimum Gasteiger partial charge on any atom is -0.391 e. The van der Waals surface area contributed by atoms with E-state index >= 15 is 0 Å². The summed E-state index contributed by atoms with van der Waals surface area (Å²) in [6.45, 7) is 6.45. The van der Waals surface area contributed by atoms with Gasteiger partial charge in [0, 0.05) is 25.3 Å². The summed E-state index contributed by atoms with van der Waals surface area (Å²) in [5, 5.41) is 9.88. The molecule has 1 saturated heterocycles. The molecular weight excluding hydrogens is 266 g/mol. The average molecular weight is 287 g/mol. The average Bonchev–Trinajstić information content (AvgIpc) is 2.82. The molecule has 0 aliphatic carbocycles. The first-order valence-corrected chi connectivity index (χ1v) is 7.98. The van der Waals surface area contributed by atoms with Crippen LogP contribution in [-0.4, -0.2) is 46.6 Å². The van der Waals surface area contributed by atoms with E-state index in [0.29, 0.717) is 13.0 Å². The number of hydrogen-bond acceptors (Lipinski definition) is 4. The van der Waals surface area contributed by atoms with Crippen LogP contribution in [0.1, 0.15) is 33.2 Å². The first-order valence-electron chi connectivity index (χ1n) is 6.54. The van der Waals surface area contributed by atoms with Crippen molar-refractivity contribution in [2.45, 2.75) is 44.4 Å². The molecule has 1 N–H and O–H groups in total. The Balaban J connectivity index is 2.22. The molecule has 0 saturated carbocycles. The largest absolute Gasteiger partial charge is 0.391 e. The zero-order valence-electron chi connectivity index (χ0n) is 11.5. The number of piperidine rings is 1. The van der Waals surface area contributed by atoms with Crippen LogP contribution >= 0.6 is 0 Å². The summed E-state index contributed by atoms with van der Waals surface area (Å²) >= 11 is 0. The predicted molar refractivity (Wildman–Crippen MR) is 71.2 cm³/mol. The molecule has 2 unspecified atom stereocenters.